The zero-order valence-corrected chi connectivity index (χ0v) is 10.6. The van der Waals surface area contributed by atoms with Crippen molar-refractivity contribution in [2.24, 2.45) is 0 Å². The van der Waals surface area contributed by atoms with Gasteiger partial charge in [0, 0.05) is 6.26 Å². The summed E-state index contributed by atoms with van der Waals surface area (Å²) in [6, 6.07) is 4.90. The molecule has 0 aliphatic carbocycles. The van der Waals surface area contributed by atoms with Crippen LogP contribution in [0, 0.1) is 0 Å². The van der Waals surface area contributed by atoms with Crippen LogP contribution in [0.3, 0.4) is 0 Å². The van der Waals surface area contributed by atoms with Gasteiger partial charge < -0.3 is 10.4 Å². The average Bonchev–Trinajstić information content (AvgIpc) is 2.28. The molecule has 2 rings (SSSR count). The standard InChI is InChI=1S/C12H17NO3S/c1-17(15,16)12-3-2-10(8-11(12)14)9-4-6-13-7-5-9/h2-3,8-9,13-14H,4-7H2,1H3. The van der Waals surface area contributed by atoms with Crippen molar-refractivity contribution in [1.29, 1.82) is 0 Å². The van der Waals surface area contributed by atoms with Gasteiger partial charge in [-0.15, -0.1) is 0 Å². The minimum atomic E-state index is -3.34. The summed E-state index contributed by atoms with van der Waals surface area (Å²) in [6.07, 6.45) is 3.15. The Hall–Kier alpha value is -1.07. The SMILES string of the molecule is CS(=O)(=O)c1ccc(C2CCNCC2)cc1O. The molecule has 1 saturated heterocycles. The number of rotatable bonds is 2. The van der Waals surface area contributed by atoms with Gasteiger partial charge in [0.05, 0.1) is 0 Å². The van der Waals surface area contributed by atoms with E-state index in [0.717, 1.165) is 37.8 Å². The van der Waals surface area contributed by atoms with Gasteiger partial charge in [-0.25, -0.2) is 8.42 Å². The Balaban J connectivity index is 2.30. The van der Waals surface area contributed by atoms with Crippen molar-refractivity contribution < 1.29 is 13.5 Å². The van der Waals surface area contributed by atoms with Gasteiger partial charge in [0.25, 0.3) is 0 Å². The molecule has 1 aromatic rings. The van der Waals surface area contributed by atoms with Crippen LogP contribution in [0.2, 0.25) is 0 Å². The van der Waals surface area contributed by atoms with Gasteiger partial charge in [0.2, 0.25) is 0 Å². The fourth-order valence-corrected chi connectivity index (χ4v) is 3.01. The summed E-state index contributed by atoms with van der Waals surface area (Å²) in [6.45, 7) is 1.94. The topological polar surface area (TPSA) is 66.4 Å². The molecule has 5 heteroatoms. The van der Waals surface area contributed by atoms with Crippen molar-refractivity contribution >= 4 is 9.84 Å². The zero-order chi connectivity index (χ0) is 12.5. The third kappa shape index (κ3) is 2.79. The van der Waals surface area contributed by atoms with Crippen molar-refractivity contribution in [1.82, 2.24) is 5.32 Å². The first-order valence-corrected chi connectivity index (χ1v) is 7.61. The van der Waals surface area contributed by atoms with Crippen LogP contribution in [-0.2, 0) is 9.84 Å². The maximum Gasteiger partial charge on any atom is 0.179 e. The molecule has 0 amide bonds. The molecule has 1 heterocycles. The highest BCUT2D eigenvalue weighted by Gasteiger charge is 2.18. The van der Waals surface area contributed by atoms with E-state index in [1.54, 1.807) is 6.07 Å². The third-order valence-corrected chi connectivity index (χ3v) is 4.34. The van der Waals surface area contributed by atoms with Crippen molar-refractivity contribution in [3.8, 4) is 5.75 Å². The molecule has 17 heavy (non-hydrogen) atoms. The number of hydrogen-bond acceptors (Lipinski definition) is 4. The lowest BCUT2D eigenvalue weighted by molar-refractivity contribution is 0.444. The van der Waals surface area contributed by atoms with Crippen molar-refractivity contribution in [3.05, 3.63) is 23.8 Å². The van der Waals surface area contributed by atoms with Crippen LogP contribution in [0.5, 0.6) is 5.75 Å². The zero-order valence-electron chi connectivity index (χ0n) is 9.81. The van der Waals surface area contributed by atoms with Crippen LogP contribution < -0.4 is 5.32 Å². The van der Waals surface area contributed by atoms with E-state index in [1.807, 2.05) is 6.07 Å². The first-order valence-electron chi connectivity index (χ1n) is 5.72. The first kappa shape index (κ1) is 12.4. The Morgan fingerprint density at radius 2 is 1.94 bits per heavy atom. The molecule has 4 nitrogen and oxygen atoms in total. The number of hydrogen-bond donors (Lipinski definition) is 2. The highest BCUT2D eigenvalue weighted by atomic mass is 32.2. The molecule has 1 aromatic carbocycles. The lowest BCUT2D eigenvalue weighted by Crippen LogP contribution is -2.26. The number of nitrogens with one attached hydrogen (secondary N) is 1. The highest BCUT2D eigenvalue weighted by molar-refractivity contribution is 7.90. The molecular weight excluding hydrogens is 238 g/mol. The molecule has 0 radical (unpaired) electrons. The van der Waals surface area contributed by atoms with E-state index in [-0.39, 0.29) is 10.6 Å². The summed E-state index contributed by atoms with van der Waals surface area (Å²) >= 11 is 0. The minimum Gasteiger partial charge on any atom is -0.507 e. The Morgan fingerprint density at radius 1 is 1.29 bits per heavy atom. The predicted octanol–water partition coefficient (Wildman–Crippen LogP) is 1.26. The van der Waals surface area contributed by atoms with E-state index in [9.17, 15) is 13.5 Å². The van der Waals surface area contributed by atoms with Gasteiger partial charge in [-0.3, -0.25) is 0 Å². The number of benzene rings is 1. The maximum atomic E-state index is 11.4. The Kier molecular flexibility index (Phi) is 3.40. The number of sulfone groups is 1. The van der Waals surface area contributed by atoms with E-state index >= 15 is 0 Å². The largest absolute Gasteiger partial charge is 0.507 e. The number of phenols is 1. The lowest BCUT2D eigenvalue weighted by atomic mass is 9.90. The quantitative estimate of drug-likeness (QED) is 0.835. The van der Waals surface area contributed by atoms with E-state index in [4.69, 9.17) is 0 Å². The molecule has 0 aromatic heterocycles. The second-order valence-electron chi connectivity index (χ2n) is 4.52. The van der Waals surface area contributed by atoms with Gasteiger partial charge in [-0.1, -0.05) is 6.07 Å². The maximum absolute atomic E-state index is 11.4. The minimum absolute atomic E-state index is 0.00943. The summed E-state index contributed by atoms with van der Waals surface area (Å²) in [5.41, 5.74) is 1.02. The first-order chi connectivity index (χ1) is 7.98. The van der Waals surface area contributed by atoms with Crippen LogP contribution in [0.15, 0.2) is 23.1 Å². The number of piperidine rings is 1. The predicted molar refractivity (Wildman–Crippen MR) is 66.1 cm³/mol. The molecule has 1 aliphatic heterocycles. The molecule has 0 bridgehead atoms. The van der Waals surface area contributed by atoms with Gasteiger partial charge in [-0.2, -0.15) is 0 Å². The molecule has 0 saturated carbocycles. The van der Waals surface area contributed by atoms with Crippen LogP contribution in [0.4, 0.5) is 0 Å². The Bertz CT molecular complexity index is 504. The Morgan fingerprint density at radius 3 is 2.47 bits per heavy atom. The van der Waals surface area contributed by atoms with Crippen molar-refractivity contribution in [3.63, 3.8) is 0 Å². The smallest absolute Gasteiger partial charge is 0.179 e. The van der Waals surface area contributed by atoms with Gasteiger partial charge in [0.15, 0.2) is 9.84 Å². The summed E-state index contributed by atoms with van der Waals surface area (Å²) in [5, 5.41) is 13.0. The Labute approximate surface area is 102 Å². The van der Waals surface area contributed by atoms with Gasteiger partial charge in [-0.05, 0) is 49.5 Å². The average molecular weight is 255 g/mol. The second-order valence-corrected chi connectivity index (χ2v) is 6.51. The van der Waals surface area contributed by atoms with Crippen LogP contribution in [0.1, 0.15) is 24.3 Å². The van der Waals surface area contributed by atoms with E-state index in [2.05, 4.69) is 5.32 Å². The van der Waals surface area contributed by atoms with Crippen LogP contribution >= 0.6 is 0 Å². The van der Waals surface area contributed by atoms with Crippen molar-refractivity contribution in [2.45, 2.75) is 23.7 Å². The highest BCUT2D eigenvalue weighted by Crippen LogP contribution is 2.31. The summed E-state index contributed by atoms with van der Waals surface area (Å²) in [4.78, 5) is 0.00943. The fraction of sp³-hybridized carbons (Fsp3) is 0.500. The lowest BCUT2D eigenvalue weighted by Gasteiger charge is -2.23. The van der Waals surface area contributed by atoms with Crippen LogP contribution in [-0.4, -0.2) is 32.9 Å². The monoisotopic (exact) mass is 255 g/mol. The summed E-state index contributed by atoms with van der Waals surface area (Å²) in [7, 11) is -3.34. The normalized spacial score (nSPS) is 18.2. The number of phenolic OH excluding ortho intramolecular Hbond substituents is 1. The van der Waals surface area contributed by atoms with E-state index in [0.29, 0.717) is 5.92 Å². The van der Waals surface area contributed by atoms with Crippen molar-refractivity contribution in [2.75, 3.05) is 19.3 Å². The molecule has 2 N–H and O–H groups in total. The van der Waals surface area contributed by atoms with Gasteiger partial charge >= 0.3 is 0 Å². The molecule has 94 valence electrons. The van der Waals surface area contributed by atoms with E-state index in [1.165, 1.54) is 6.07 Å². The molecule has 1 aliphatic rings. The van der Waals surface area contributed by atoms with Crippen LogP contribution in [0.25, 0.3) is 0 Å². The number of aromatic hydroxyl groups is 1. The van der Waals surface area contributed by atoms with E-state index < -0.39 is 9.84 Å². The van der Waals surface area contributed by atoms with Gasteiger partial charge in [0.1, 0.15) is 10.6 Å². The molecule has 1 fully saturated rings. The molecule has 0 unspecified atom stereocenters. The third-order valence-electron chi connectivity index (χ3n) is 3.19. The fourth-order valence-electron chi connectivity index (χ4n) is 2.26. The molecule has 0 spiro atoms. The molecular formula is C12H17NO3S. The summed E-state index contributed by atoms with van der Waals surface area (Å²) < 4.78 is 22.7. The molecule has 0 atom stereocenters. The summed E-state index contributed by atoms with van der Waals surface area (Å²) in [5.74, 6) is 0.277. The second kappa shape index (κ2) is 4.66.